The van der Waals surface area contributed by atoms with E-state index >= 15 is 0 Å². The summed E-state index contributed by atoms with van der Waals surface area (Å²) in [6.07, 6.45) is -7.32. The SMILES string of the molecule is C=CCO[C@H]1O[C@H](CO[C@H]2O[C@@H]3COC(c4ccccc4)O[C@H]3[C@H](OCc3ccccc3)[C@@H]2OC(C)=O)[C@@H](OCc2ccccc2)[C@H](OCc2ccccc2)[C@H]1OCc1ccccc1. The Kier molecular flexibility index (Phi) is 16.5. The van der Waals surface area contributed by atoms with Gasteiger partial charge in [0, 0.05) is 12.5 Å². The average molecular weight is 873 g/mol. The van der Waals surface area contributed by atoms with Gasteiger partial charge in [-0.3, -0.25) is 4.79 Å². The Labute approximate surface area is 374 Å². The molecule has 0 aliphatic carbocycles. The molecule has 3 fully saturated rings. The van der Waals surface area contributed by atoms with Crippen molar-refractivity contribution in [3.8, 4) is 0 Å². The number of carbonyl (C=O) groups is 1. The van der Waals surface area contributed by atoms with E-state index in [1.807, 2.05) is 152 Å². The predicted octanol–water partition coefficient (Wildman–Crippen LogP) is 8.04. The maximum absolute atomic E-state index is 12.9. The lowest BCUT2D eigenvalue weighted by Gasteiger charge is -2.49. The van der Waals surface area contributed by atoms with Gasteiger partial charge in [-0.2, -0.15) is 0 Å². The maximum Gasteiger partial charge on any atom is 0.303 e. The number of carbonyl (C=O) groups excluding carboxylic acids is 1. The van der Waals surface area contributed by atoms with Gasteiger partial charge in [-0.15, -0.1) is 6.58 Å². The normalized spacial score (nSPS) is 27.9. The predicted molar refractivity (Wildman–Crippen MR) is 235 cm³/mol. The van der Waals surface area contributed by atoms with Crippen LogP contribution in [-0.4, -0.2) is 87.2 Å². The number of hydrogen-bond donors (Lipinski definition) is 0. The van der Waals surface area contributed by atoms with Crippen molar-refractivity contribution < 1.29 is 56.9 Å². The molecule has 8 rings (SSSR count). The first-order valence-electron chi connectivity index (χ1n) is 21.8. The number of fused-ring (bicyclic) bond motifs is 1. The summed E-state index contributed by atoms with van der Waals surface area (Å²) in [6, 6.07) is 49.1. The van der Waals surface area contributed by atoms with E-state index in [0.717, 1.165) is 27.8 Å². The minimum absolute atomic E-state index is 0.0937. The van der Waals surface area contributed by atoms with Crippen LogP contribution in [-0.2, 0) is 83.3 Å². The third-order valence-electron chi connectivity index (χ3n) is 11.2. The molecule has 12 heteroatoms. The van der Waals surface area contributed by atoms with Crippen molar-refractivity contribution in [2.45, 2.75) is 101 Å². The summed E-state index contributed by atoms with van der Waals surface area (Å²) in [5, 5.41) is 0. The van der Waals surface area contributed by atoms with Crippen LogP contribution in [0.1, 0.15) is 41.0 Å². The van der Waals surface area contributed by atoms with Gasteiger partial charge >= 0.3 is 5.97 Å². The molecule has 1 unspecified atom stereocenters. The van der Waals surface area contributed by atoms with Gasteiger partial charge in [0.1, 0.15) is 42.7 Å². The van der Waals surface area contributed by atoms with Crippen molar-refractivity contribution in [2.75, 3.05) is 19.8 Å². The Hall–Kier alpha value is -5.09. The molecule has 12 nitrogen and oxygen atoms in total. The van der Waals surface area contributed by atoms with Crippen LogP contribution in [0.4, 0.5) is 0 Å². The Morgan fingerprint density at radius 3 is 1.53 bits per heavy atom. The van der Waals surface area contributed by atoms with Gasteiger partial charge in [0.05, 0.1) is 46.2 Å². The molecular weight excluding hydrogens is 817 g/mol. The second-order valence-electron chi connectivity index (χ2n) is 15.8. The summed E-state index contributed by atoms with van der Waals surface area (Å²) < 4.78 is 72.4. The highest BCUT2D eigenvalue weighted by Gasteiger charge is 2.54. The van der Waals surface area contributed by atoms with E-state index in [1.165, 1.54) is 6.92 Å². The molecule has 0 spiro atoms. The van der Waals surface area contributed by atoms with Crippen LogP contribution < -0.4 is 0 Å². The molecule has 0 radical (unpaired) electrons. The van der Waals surface area contributed by atoms with Crippen LogP contribution in [0.15, 0.2) is 164 Å². The van der Waals surface area contributed by atoms with Crippen molar-refractivity contribution in [3.05, 3.63) is 192 Å². The number of hydrogen-bond acceptors (Lipinski definition) is 12. The van der Waals surface area contributed by atoms with Gasteiger partial charge in [-0.1, -0.05) is 158 Å². The summed E-state index contributed by atoms with van der Waals surface area (Å²) in [6.45, 7) is 6.47. The first-order valence-corrected chi connectivity index (χ1v) is 21.8. The molecule has 3 saturated heterocycles. The molecule has 0 N–H and O–H groups in total. The van der Waals surface area contributed by atoms with Crippen LogP contribution in [0.5, 0.6) is 0 Å². The highest BCUT2D eigenvalue weighted by atomic mass is 16.8. The molecule has 0 aromatic heterocycles. The standard InChI is InChI=1S/C52H56O12/c1-3-29-54-51-48(58-33-40-25-15-7-16-26-40)46(56-31-38-21-11-5-12-22-38)44(55-30-37-19-9-4-10-20-37)42(62-51)34-60-52-49(61-36(2)53)47(57-32-39-23-13-6-14-24-39)45-43(63-52)35-59-50(64-45)41-27-17-8-18-28-41/h3-28,42-52H,1,29-35H2,2H3/t42-,43-,44-,45-,46+,47+,48-,49+,50?,51+,52+/m1/s1. The van der Waals surface area contributed by atoms with Crippen molar-refractivity contribution in [1.29, 1.82) is 0 Å². The summed E-state index contributed by atoms with van der Waals surface area (Å²) in [5.74, 6) is -0.538. The van der Waals surface area contributed by atoms with E-state index in [1.54, 1.807) is 6.08 Å². The van der Waals surface area contributed by atoms with Crippen molar-refractivity contribution in [2.24, 2.45) is 0 Å². The van der Waals surface area contributed by atoms with E-state index < -0.39 is 73.7 Å². The molecule has 3 aliphatic heterocycles. The Morgan fingerprint density at radius 2 is 1.02 bits per heavy atom. The molecule has 0 saturated carbocycles. The maximum atomic E-state index is 12.9. The minimum atomic E-state index is -1.13. The summed E-state index contributed by atoms with van der Waals surface area (Å²) >= 11 is 0. The van der Waals surface area contributed by atoms with Crippen molar-refractivity contribution in [1.82, 2.24) is 0 Å². The van der Waals surface area contributed by atoms with E-state index in [2.05, 4.69) is 6.58 Å². The minimum Gasteiger partial charge on any atom is -0.454 e. The summed E-state index contributed by atoms with van der Waals surface area (Å²) in [4.78, 5) is 12.9. The summed E-state index contributed by atoms with van der Waals surface area (Å²) in [5.41, 5.74) is 4.66. The van der Waals surface area contributed by atoms with Crippen LogP contribution >= 0.6 is 0 Å². The lowest BCUT2D eigenvalue weighted by atomic mass is 9.96. The molecule has 64 heavy (non-hydrogen) atoms. The molecule has 336 valence electrons. The Morgan fingerprint density at radius 1 is 0.547 bits per heavy atom. The van der Waals surface area contributed by atoms with Gasteiger partial charge in [0.25, 0.3) is 0 Å². The fraction of sp³-hybridized carbons (Fsp3) is 0.365. The highest BCUT2D eigenvalue weighted by molar-refractivity contribution is 5.66. The zero-order valence-corrected chi connectivity index (χ0v) is 35.9. The Balaban J connectivity index is 1.09. The van der Waals surface area contributed by atoms with Gasteiger partial charge in [0.15, 0.2) is 25.0 Å². The molecular formula is C52H56O12. The molecule has 5 aromatic rings. The largest absolute Gasteiger partial charge is 0.454 e. The number of benzene rings is 5. The van der Waals surface area contributed by atoms with Crippen LogP contribution in [0.3, 0.4) is 0 Å². The topological polar surface area (TPSA) is 119 Å². The molecule has 3 aliphatic rings. The molecule has 3 heterocycles. The number of ether oxygens (including phenoxy) is 11. The number of rotatable bonds is 20. The zero-order chi connectivity index (χ0) is 43.9. The second kappa shape index (κ2) is 23.2. The molecule has 0 amide bonds. The Bertz CT molecular complexity index is 2130. The average Bonchev–Trinajstić information content (AvgIpc) is 3.34. The first kappa shape index (κ1) is 45.5. The molecule has 0 bridgehead atoms. The van der Waals surface area contributed by atoms with Gasteiger partial charge in [-0.05, 0) is 22.3 Å². The quantitative estimate of drug-likeness (QED) is 0.0557. The zero-order valence-electron chi connectivity index (χ0n) is 35.9. The second-order valence-corrected chi connectivity index (χ2v) is 15.8. The van der Waals surface area contributed by atoms with E-state index in [-0.39, 0.29) is 46.2 Å². The van der Waals surface area contributed by atoms with Crippen LogP contribution in [0.25, 0.3) is 0 Å². The van der Waals surface area contributed by atoms with Crippen molar-refractivity contribution in [3.63, 3.8) is 0 Å². The third-order valence-corrected chi connectivity index (χ3v) is 11.2. The van der Waals surface area contributed by atoms with E-state index in [4.69, 9.17) is 52.1 Å². The van der Waals surface area contributed by atoms with E-state index in [0.29, 0.717) is 0 Å². The monoisotopic (exact) mass is 872 g/mol. The highest BCUT2D eigenvalue weighted by Crippen LogP contribution is 2.38. The van der Waals surface area contributed by atoms with E-state index in [9.17, 15) is 4.79 Å². The third kappa shape index (κ3) is 12.2. The summed E-state index contributed by atoms with van der Waals surface area (Å²) in [7, 11) is 0. The van der Waals surface area contributed by atoms with Gasteiger partial charge in [0.2, 0.25) is 0 Å². The number of esters is 1. The van der Waals surface area contributed by atoms with Crippen LogP contribution in [0, 0.1) is 0 Å². The fourth-order valence-corrected chi connectivity index (χ4v) is 8.10. The van der Waals surface area contributed by atoms with Crippen LogP contribution in [0.2, 0.25) is 0 Å². The molecule has 5 aromatic carbocycles. The van der Waals surface area contributed by atoms with Gasteiger partial charge in [-0.25, -0.2) is 0 Å². The fourth-order valence-electron chi connectivity index (χ4n) is 8.10. The molecule has 11 atom stereocenters. The lowest BCUT2D eigenvalue weighted by molar-refractivity contribution is -0.375. The van der Waals surface area contributed by atoms with Gasteiger partial charge < -0.3 is 52.1 Å². The smallest absolute Gasteiger partial charge is 0.303 e. The lowest BCUT2D eigenvalue weighted by Crippen LogP contribution is -2.65. The van der Waals surface area contributed by atoms with Crippen molar-refractivity contribution >= 4 is 5.97 Å². The first-order chi connectivity index (χ1) is 31.5.